The lowest BCUT2D eigenvalue weighted by molar-refractivity contribution is -0.383. The minimum Gasteiger partial charge on any atom is -0.478 e. The van der Waals surface area contributed by atoms with Crippen LogP contribution in [0, 0.1) is 10.1 Å². The average Bonchev–Trinajstić information content (AvgIpc) is 2.84. The molecule has 3 aromatic carbocycles. The number of carboxylic acids is 1. The molecule has 0 aromatic heterocycles. The number of rotatable bonds is 4. The van der Waals surface area contributed by atoms with Gasteiger partial charge in [-0.2, -0.15) is 0 Å². The van der Waals surface area contributed by atoms with E-state index in [1.807, 2.05) is 6.07 Å². The number of ketones is 1. The molecule has 7 nitrogen and oxygen atoms in total. The Kier molecular flexibility index (Phi) is 4.56. The summed E-state index contributed by atoms with van der Waals surface area (Å²) in [7, 11) is 0. The normalized spacial score (nSPS) is 12.5. The largest absolute Gasteiger partial charge is 0.478 e. The van der Waals surface area contributed by atoms with Crippen LogP contribution in [0.4, 0.5) is 17.1 Å². The molecule has 144 valence electrons. The fraction of sp³-hybridized carbons (Fsp3) is 0.0909. The van der Waals surface area contributed by atoms with Crippen LogP contribution < -0.4 is 5.32 Å². The molecule has 0 saturated carbocycles. The van der Waals surface area contributed by atoms with E-state index in [4.69, 9.17) is 0 Å². The highest BCUT2D eigenvalue weighted by molar-refractivity contribution is 6.12. The number of carboxylic acid groups (broad SMARTS) is 1. The predicted octanol–water partition coefficient (Wildman–Crippen LogP) is 4.37. The maximum absolute atomic E-state index is 13.0. The Labute approximate surface area is 165 Å². The number of hydrogen-bond acceptors (Lipinski definition) is 5. The molecule has 0 radical (unpaired) electrons. The molecule has 1 aliphatic rings. The lowest BCUT2D eigenvalue weighted by Crippen LogP contribution is -2.07. The zero-order valence-electron chi connectivity index (χ0n) is 15.2. The Morgan fingerprint density at radius 2 is 1.72 bits per heavy atom. The molecule has 2 N–H and O–H groups in total. The summed E-state index contributed by atoms with van der Waals surface area (Å²) < 4.78 is 0. The van der Waals surface area contributed by atoms with E-state index in [-0.39, 0.29) is 17.0 Å². The van der Waals surface area contributed by atoms with Gasteiger partial charge in [0.05, 0.1) is 10.5 Å². The van der Waals surface area contributed by atoms with Crippen LogP contribution in [0.25, 0.3) is 0 Å². The zero-order valence-corrected chi connectivity index (χ0v) is 15.2. The highest BCUT2D eigenvalue weighted by Gasteiger charge is 2.23. The molecule has 0 unspecified atom stereocenters. The SMILES string of the molecule is O=C(O)c1ccc2c(c1)C(=O)c1ccc(Nc3ccccc3[N+](=O)[O-])cc1CC2. The number of nitrogens with zero attached hydrogens (tertiary/aromatic N) is 1. The monoisotopic (exact) mass is 388 g/mol. The first kappa shape index (κ1) is 18.4. The third kappa shape index (κ3) is 3.45. The number of nitro benzene ring substituents is 1. The quantitative estimate of drug-likeness (QED) is 0.507. The highest BCUT2D eigenvalue weighted by Crippen LogP contribution is 2.31. The number of carbonyl (C=O) groups is 2. The summed E-state index contributed by atoms with van der Waals surface area (Å²) in [5.41, 5.74) is 3.59. The number of fused-ring (bicyclic) bond motifs is 2. The van der Waals surface area contributed by atoms with Crippen LogP contribution in [-0.4, -0.2) is 21.8 Å². The first-order valence-corrected chi connectivity index (χ1v) is 8.98. The number of aryl methyl sites for hydroxylation is 2. The van der Waals surface area contributed by atoms with E-state index in [2.05, 4.69) is 5.32 Å². The molecule has 7 heteroatoms. The minimum absolute atomic E-state index is 0.0351. The Bertz CT molecular complexity index is 1170. The summed E-state index contributed by atoms with van der Waals surface area (Å²) in [4.78, 5) is 35.0. The van der Waals surface area contributed by atoms with Crippen molar-refractivity contribution in [3.8, 4) is 0 Å². The van der Waals surface area contributed by atoms with Crippen LogP contribution in [0.3, 0.4) is 0 Å². The van der Waals surface area contributed by atoms with E-state index < -0.39 is 10.9 Å². The van der Waals surface area contributed by atoms with Gasteiger partial charge < -0.3 is 10.4 Å². The summed E-state index contributed by atoms with van der Waals surface area (Å²) in [6, 6.07) is 16.2. The van der Waals surface area contributed by atoms with Crippen LogP contribution in [0.15, 0.2) is 60.7 Å². The van der Waals surface area contributed by atoms with Crippen molar-refractivity contribution < 1.29 is 19.6 Å². The summed E-state index contributed by atoms with van der Waals surface area (Å²) >= 11 is 0. The molecule has 0 saturated heterocycles. The fourth-order valence-corrected chi connectivity index (χ4v) is 3.55. The van der Waals surface area contributed by atoms with Gasteiger partial charge in [-0.15, -0.1) is 0 Å². The van der Waals surface area contributed by atoms with Gasteiger partial charge in [0, 0.05) is 22.9 Å². The van der Waals surface area contributed by atoms with Crippen molar-refractivity contribution in [2.75, 3.05) is 5.32 Å². The molecule has 4 rings (SSSR count). The van der Waals surface area contributed by atoms with Crippen molar-refractivity contribution in [1.82, 2.24) is 0 Å². The number of hydrogen-bond donors (Lipinski definition) is 2. The molecule has 0 spiro atoms. The van der Waals surface area contributed by atoms with Crippen molar-refractivity contribution in [3.63, 3.8) is 0 Å². The molecular formula is C22H16N2O5. The summed E-state index contributed by atoms with van der Waals surface area (Å²) in [6.07, 6.45) is 1.20. The summed E-state index contributed by atoms with van der Waals surface area (Å²) in [5.74, 6) is -1.29. The van der Waals surface area contributed by atoms with E-state index in [0.717, 1.165) is 11.1 Å². The summed E-state index contributed by atoms with van der Waals surface area (Å²) in [5, 5.41) is 23.5. The van der Waals surface area contributed by atoms with Crippen molar-refractivity contribution in [3.05, 3.63) is 98.6 Å². The van der Waals surface area contributed by atoms with Gasteiger partial charge in [-0.3, -0.25) is 14.9 Å². The Morgan fingerprint density at radius 1 is 0.966 bits per heavy atom. The number of benzene rings is 3. The molecule has 0 heterocycles. The minimum atomic E-state index is -1.07. The van der Waals surface area contributed by atoms with E-state index in [1.54, 1.807) is 36.4 Å². The Hall–Kier alpha value is -4.00. The van der Waals surface area contributed by atoms with Crippen molar-refractivity contribution >= 4 is 28.8 Å². The van der Waals surface area contributed by atoms with Crippen LogP contribution in [0.5, 0.6) is 0 Å². The molecule has 0 bridgehead atoms. The van der Waals surface area contributed by atoms with Crippen LogP contribution in [0.1, 0.15) is 37.4 Å². The van der Waals surface area contributed by atoms with Gasteiger partial charge in [-0.25, -0.2) is 4.79 Å². The molecule has 0 amide bonds. The highest BCUT2D eigenvalue weighted by atomic mass is 16.6. The maximum Gasteiger partial charge on any atom is 0.335 e. The third-order valence-corrected chi connectivity index (χ3v) is 4.99. The van der Waals surface area contributed by atoms with Crippen molar-refractivity contribution in [1.29, 1.82) is 0 Å². The van der Waals surface area contributed by atoms with Gasteiger partial charge in [0.15, 0.2) is 5.78 Å². The maximum atomic E-state index is 13.0. The topological polar surface area (TPSA) is 110 Å². The van der Waals surface area contributed by atoms with Crippen molar-refractivity contribution in [2.45, 2.75) is 12.8 Å². The average molecular weight is 388 g/mol. The van der Waals surface area contributed by atoms with Crippen LogP contribution >= 0.6 is 0 Å². The second-order valence-electron chi connectivity index (χ2n) is 6.78. The van der Waals surface area contributed by atoms with Gasteiger partial charge >= 0.3 is 5.97 Å². The second-order valence-corrected chi connectivity index (χ2v) is 6.78. The molecule has 1 aliphatic carbocycles. The van der Waals surface area contributed by atoms with E-state index in [0.29, 0.717) is 35.3 Å². The number of anilines is 2. The molecule has 0 aliphatic heterocycles. The van der Waals surface area contributed by atoms with E-state index in [9.17, 15) is 24.8 Å². The van der Waals surface area contributed by atoms with Gasteiger partial charge in [0.2, 0.25) is 0 Å². The predicted molar refractivity (Wildman–Crippen MR) is 107 cm³/mol. The molecular weight excluding hydrogens is 372 g/mol. The van der Waals surface area contributed by atoms with E-state index in [1.165, 1.54) is 18.2 Å². The van der Waals surface area contributed by atoms with E-state index >= 15 is 0 Å². The first-order valence-electron chi connectivity index (χ1n) is 8.98. The van der Waals surface area contributed by atoms with Gasteiger partial charge in [-0.05, 0) is 60.4 Å². The molecule has 0 fully saturated rings. The molecule has 0 atom stereocenters. The number of para-hydroxylation sites is 2. The third-order valence-electron chi connectivity index (χ3n) is 4.99. The van der Waals surface area contributed by atoms with Gasteiger partial charge in [-0.1, -0.05) is 18.2 Å². The molecule has 3 aromatic rings. The second kappa shape index (κ2) is 7.20. The first-order chi connectivity index (χ1) is 13.9. The lowest BCUT2D eigenvalue weighted by atomic mass is 9.97. The van der Waals surface area contributed by atoms with Gasteiger partial charge in [0.25, 0.3) is 5.69 Å². The van der Waals surface area contributed by atoms with Crippen LogP contribution in [-0.2, 0) is 12.8 Å². The van der Waals surface area contributed by atoms with Gasteiger partial charge in [0.1, 0.15) is 5.69 Å². The number of carbonyl (C=O) groups excluding carboxylic acids is 1. The van der Waals surface area contributed by atoms with Crippen LogP contribution in [0.2, 0.25) is 0 Å². The molecule has 29 heavy (non-hydrogen) atoms. The fourth-order valence-electron chi connectivity index (χ4n) is 3.55. The Morgan fingerprint density at radius 3 is 2.48 bits per heavy atom. The number of nitrogens with one attached hydrogen (secondary N) is 1. The zero-order chi connectivity index (χ0) is 20.5. The Balaban J connectivity index is 1.69. The summed E-state index contributed by atoms with van der Waals surface area (Å²) in [6.45, 7) is 0. The number of aromatic carboxylic acids is 1. The number of nitro groups is 1. The smallest absolute Gasteiger partial charge is 0.335 e. The lowest BCUT2D eigenvalue weighted by Gasteiger charge is -2.11. The van der Waals surface area contributed by atoms with Crippen molar-refractivity contribution in [2.24, 2.45) is 0 Å². The standard InChI is InChI=1S/C22H16N2O5/c25-21-17-10-9-16(23-19-3-1-2-4-20(19)24(28)29)11-14(17)7-5-13-6-8-15(22(26)27)12-18(13)21/h1-4,6,8-12,23H,5,7H2,(H,26,27).